The topological polar surface area (TPSA) is 43.8 Å². The van der Waals surface area contributed by atoms with Crippen molar-refractivity contribution in [3.8, 4) is 0 Å². The Balaban J connectivity index is 1.83. The Hall–Kier alpha value is -0.870. The summed E-state index contributed by atoms with van der Waals surface area (Å²) in [6.07, 6.45) is 9.70. The van der Waals surface area contributed by atoms with Crippen LogP contribution in [-0.2, 0) is 4.79 Å². The molecule has 1 amide bonds. The number of likely N-dealkylation sites (N-methyl/N-ethyl adjacent to an activating group) is 1. The lowest BCUT2D eigenvalue weighted by atomic mass is 10.1. The molecule has 0 bridgehead atoms. The highest BCUT2D eigenvalue weighted by molar-refractivity contribution is 5.79. The predicted octanol–water partition coefficient (Wildman–Crippen LogP) is 1.75. The second kappa shape index (κ2) is 7.06. The van der Waals surface area contributed by atoms with E-state index in [4.69, 9.17) is 5.11 Å². The Morgan fingerprint density at radius 2 is 2.37 bits per heavy atom. The molecule has 2 aliphatic rings. The quantitative estimate of drug-likeness (QED) is 0.796. The molecule has 1 heterocycles. The van der Waals surface area contributed by atoms with Gasteiger partial charge < -0.3 is 10.0 Å². The molecule has 0 saturated carbocycles. The van der Waals surface area contributed by atoms with Crippen molar-refractivity contribution in [3.05, 3.63) is 11.8 Å². The molecule has 0 aromatic heterocycles. The van der Waals surface area contributed by atoms with Gasteiger partial charge in [0.2, 0.25) is 5.91 Å². The van der Waals surface area contributed by atoms with E-state index in [1.807, 2.05) is 11.9 Å². The molecule has 1 N–H and O–H groups in total. The maximum Gasteiger partial charge on any atom is 0.240 e. The number of amides is 1. The molecule has 1 aliphatic carbocycles. The number of allylic oxidation sites excluding steroid dienone is 2. The highest BCUT2D eigenvalue weighted by Crippen LogP contribution is 2.23. The molecule has 0 aromatic carbocycles. The summed E-state index contributed by atoms with van der Waals surface area (Å²) in [7, 11) is 1.90. The number of aliphatic hydroxyl groups excluding tert-OH is 1. The number of carbonyl (C=O) groups is 1. The van der Waals surface area contributed by atoms with Crippen LogP contribution in [0.2, 0.25) is 0 Å². The second-order valence-electron chi connectivity index (χ2n) is 5.67. The highest BCUT2D eigenvalue weighted by Gasteiger charge is 2.27. The van der Waals surface area contributed by atoms with Crippen LogP contribution in [0.4, 0.5) is 0 Å². The average molecular weight is 266 g/mol. The van der Waals surface area contributed by atoms with Gasteiger partial charge in [-0.15, -0.1) is 0 Å². The number of carbonyl (C=O) groups excluding carboxylic acids is 1. The molecule has 1 fully saturated rings. The summed E-state index contributed by atoms with van der Waals surface area (Å²) in [5.41, 5.74) is 1.19. The molecule has 2 rings (SSSR count). The van der Waals surface area contributed by atoms with Crippen LogP contribution in [0.3, 0.4) is 0 Å². The van der Waals surface area contributed by atoms with E-state index in [1.54, 1.807) is 0 Å². The zero-order valence-electron chi connectivity index (χ0n) is 12.0. The molecule has 0 aromatic rings. The van der Waals surface area contributed by atoms with Crippen molar-refractivity contribution in [2.45, 2.75) is 51.0 Å². The molecule has 4 nitrogen and oxygen atoms in total. The first-order valence-corrected chi connectivity index (χ1v) is 7.53. The second-order valence-corrected chi connectivity index (χ2v) is 5.67. The minimum atomic E-state index is 0.212. The van der Waals surface area contributed by atoms with Gasteiger partial charge in [0.15, 0.2) is 0 Å². The van der Waals surface area contributed by atoms with Crippen LogP contribution in [0, 0.1) is 0 Å². The van der Waals surface area contributed by atoms with Crippen molar-refractivity contribution in [2.75, 3.05) is 26.7 Å². The third kappa shape index (κ3) is 3.80. The molecule has 1 saturated heterocycles. The number of hydrogen-bond acceptors (Lipinski definition) is 3. The Morgan fingerprint density at radius 3 is 3.05 bits per heavy atom. The fourth-order valence-electron chi connectivity index (χ4n) is 3.16. The summed E-state index contributed by atoms with van der Waals surface area (Å²) >= 11 is 0. The number of rotatable bonds is 6. The molecule has 1 atom stereocenters. The first-order chi connectivity index (χ1) is 9.22. The van der Waals surface area contributed by atoms with E-state index < -0.39 is 0 Å². The first-order valence-electron chi connectivity index (χ1n) is 7.53. The van der Waals surface area contributed by atoms with Crippen LogP contribution in [0.5, 0.6) is 0 Å². The van der Waals surface area contributed by atoms with Gasteiger partial charge in [-0.3, -0.25) is 9.69 Å². The van der Waals surface area contributed by atoms with Crippen LogP contribution in [0.25, 0.3) is 0 Å². The fourth-order valence-corrected chi connectivity index (χ4v) is 3.16. The maximum absolute atomic E-state index is 12.3. The van der Waals surface area contributed by atoms with E-state index in [2.05, 4.69) is 11.0 Å². The van der Waals surface area contributed by atoms with Crippen molar-refractivity contribution in [1.29, 1.82) is 0 Å². The number of likely N-dealkylation sites (tertiary alicyclic amines) is 1. The lowest BCUT2D eigenvalue weighted by Gasteiger charge is -2.27. The van der Waals surface area contributed by atoms with E-state index in [1.165, 1.54) is 25.0 Å². The Labute approximate surface area is 116 Å². The molecule has 1 unspecified atom stereocenters. The van der Waals surface area contributed by atoms with Gasteiger partial charge >= 0.3 is 0 Å². The van der Waals surface area contributed by atoms with Gasteiger partial charge in [-0.25, -0.2) is 0 Å². The van der Waals surface area contributed by atoms with Gasteiger partial charge in [-0.05, 0) is 51.5 Å². The van der Waals surface area contributed by atoms with E-state index in [-0.39, 0.29) is 12.5 Å². The van der Waals surface area contributed by atoms with Gasteiger partial charge in [-0.2, -0.15) is 0 Å². The third-order valence-corrected chi connectivity index (χ3v) is 4.35. The number of nitrogens with zero attached hydrogens (tertiary/aromatic N) is 2. The van der Waals surface area contributed by atoms with E-state index in [0.29, 0.717) is 12.6 Å². The molecule has 108 valence electrons. The van der Waals surface area contributed by atoms with E-state index >= 15 is 0 Å². The van der Waals surface area contributed by atoms with Crippen LogP contribution in [0.15, 0.2) is 11.8 Å². The maximum atomic E-state index is 12.3. The molecule has 0 spiro atoms. The molecule has 4 heteroatoms. The minimum Gasteiger partial charge on any atom is -0.396 e. The van der Waals surface area contributed by atoms with Crippen LogP contribution in [-0.4, -0.2) is 53.6 Å². The normalized spacial score (nSPS) is 23.7. The summed E-state index contributed by atoms with van der Waals surface area (Å²) < 4.78 is 0. The molecule has 1 aliphatic heterocycles. The van der Waals surface area contributed by atoms with Crippen LogP contribution < -0.4 is 0 Å². The lowest BCUT2D eigenvalue weighted by Crippen LogP contribution is -2.40. The van der Waals surface area contributed by atoms with Gasteiger partial charge in [0.1, 0.15) is 0 Å². The lowest BCUT2D eigenvalue weighted by molar-refractivity contribution is -0.129. The van der Waals surface area contributed by atoms with Crippen LogP contribution >= 0.6 is 0 Å². The zero-order valence-corrected chi connectivity index (χ0v) is 12.0. The highest BCUT2D eigenvalue weighted by atomic mass is 16.3. The molecule has 0 radical (unpaired) electrons. The summed E-state index contributed by atoms with van der Waals surface area (Å²) in [5.74, 6) is 0.212. The monoisotopic (exact) mass is 266 g/mol. The van der Waals surface area contributed by atoms with E-state index in [0.717, 1.165) is 32.2 Å². The number of hydrogen-bond donors (Lipinski definition) is 1. The zero-order chi connectivity index (χ0) is 13.7. The first kappa shape index (κ1) is 14.5. The summed E-state index contributed by atoms with van der Waals surface area (Å²) in [6.45, 7) is 1.81. The Morgan fingerprint density at radius 1 is 1.53 bits per heavy atom. The molecular formula is C15H26N2O2. The largest absolute Gasteiger partial charge is 0.396 e. The van der Waals surface area contributed by atoms with Crippen molar-refractivity contribution in [3.63, 3.8) is 0 Å². The molecule has 19 heavy (non-hydrogen) atoms. The van der Waals surface area contributed by atoms with Crippen molar-refractivity contribution < 1.29 is 9.90 Å². The predicted molar refractivity (Wildman–Crippen MR) is 75.6 cm³/mol. The Kier molecular flexibility index (Phi) is 5.40. The van der Waals surface area contributed by atoms with Gasteiger partial charge in [0.05, 0.1) is 6.54 Å². The average Bonchev–Trinajstić information content (AvgIpc) is 3.07. The van der Waals surface area contributed by atoms with Crippen molar-refractivity contribution in [2.24, 2.45) is 0 Å². The van der Waals surface area contributed by atoms with Crippen LogP contribution in [0.1, 0.15) is 44.9 Å². The van der Waals surface area contributed by atoms with E-state index in [9.17, 15) is 4.79 Å². The number of aliphatic hydroxyl groups is 1. The van der Waals surface area contributed by atoms with Gasteiger partial charge in [0, 0.05) is 25.4 Å². The molecular weight excluding hydrogens is 240 g/mol. The van der Waals surface area contributed by atoms with Gasteiger partial charge in [-0.1, -0.05) is 6.08 Å². The SMILES string of the molecule is CN(C(=O)CN1CCCC1CCCO)C1=CCCC1. The Bertz CT molecular complexity index is 341. The smallest absolute Gasteiger partial charge is 0.240 e. The fraction of sp³-hybridized carbons (Fsp3) is 0.800. The standard InChI is InChI=1S/C15H26N2O2/c1-16(13-6-2-3-7-13)15(19)12-17-10-4-8-14(17)9-5-11-18/h6,14,18H,2-5,7-12H2,1H3. The van der Waals surface area contributed by atoms with Crippen molar-refractivity contribution in [1.82, 2.24) is 9.80 Å². The summed E-state index contributed by atoms with van der Waals surface area (Å²) in [6, 6.07) is 0.488. The summed E-state index contributed by atoms with van der Waals surface area (Å²) in [5, 5.41) is 8.93. The minimum absolute atomic E-state index is 0.212. The third-order valence-electron chi connectivity index (χ3n) is 4.35. The van der Waals surface area contributed by atoms with Gasteiger partial charge in [0.25, 0.3) is 0 Å². The van der Waals surface area contributed by atoms with Crippen molar-refractivity contribution >= 4 is 5.91 Å². The summed E-state index contributed by atoms with van der Waals surface area (Å²) in [4.78, 5) is 16.4.